The number of carbonyl (C=O) groups is 1. The molecule has 0 bridgehead atoms. The van der Waals surface area contributed by atoms with Crippen molar-refractivity contribution in [2.24, 2.45) is 0 Å². The summed E-state index contributed by atoms with van der Waals surface area (Å²) in [6.07, 6.45) is 2.40. The summed E-state index contributed by atoms with van der Waals surface area (Å²) in [5.41, 5.74) is 1.14. The van der Waals surface area contributed by atoms with Crippen LogP contribution in [0, 0.1) is 0 Å². The van der Waals surface area contributed by atoms with Gasteiger partial charge in [-0.15, -0.1) is 0 Å². The third kappa shape index (κ3) is 4.78. The number of amides is 2. The van der Waals surface area contributed by atoms with Crippen LogP contribution in [0.1, 0.15) is 38.3 Å². The predicted octanol–water partition coefficient (Wildman–Crippen LogP) is 2.89. The molecule has 1 saturated heterocycles. The number of hydrogen-bond acceptors (Lipinski definition) is 4. The Labute approximate surface area is 151 Å². The Morgan fingerprint density at radius 3 is 2.36 bits per heavy atom. The number of likely N-dealkylation sites (tertiary alicyclic amines) is 1. The van der Waals surface area contributed by atoms with Crippen LogP contribution in [0.3, 0.4) is 0 Å². The highest BCUT2D eigenvalue weighted by Gasteiger charge is 2.25. The van der Waals surface area contributed by atoms with Gasteiger partial charge in [0.15, 0.2) is 11.5 Å². The summed E-state index contributed by atoms with van der Waals surface area (Å²) in [5, 5.41) is 3.10. The predicted molar refractivity (Wildman–Crippen MR) is 99.4 cm³/mol. The first-order chi connectivity index (χ1) is 12.1. The number of rotatable bonds is 8. The monoisotopic (exact) mass is 349 g/mol. The number of benzene rings is 1. The van der Waals surface area contributed by atoms with Crippen molar-refractivity contribution in [1.82, 2.24) is 15.1 Å². The van der Waals surface area contributed by atoms with Crippen molar-refractivity contribution in [3.8, 4) is 11.5 Å². The molecule has 1 aromatic rings. The maximum atomic E-state index is 12.3. The van der Waals surface area contributed by atoms with Crippen LogP contribution in [0.25, 0.3) is 0 Å². The third-order valence-electron chi connectivity index (χ3n) is 4.87. The Kier molecular flexibility index (Phi) is 7.37. The lowest BCUT2D eigenvalue weighted by Gasteiger charge is -2.30. The Morgan fingerprint density at radius 1 is 1.16 bits per heavy atom. The molecule has 6 heteroatoms. The Balaban J connectivity index is 2.17. The van der Waals surface area contributed by atoms with E-state index in [9.17, 15) is 4.79 Å². The van der Waals surface area contributed by atoms with E-state index in [0.717, 1.165) is 30.2 Å². The van der Waals surface area contributed by atoms with Gasteiger partial charge in [-0.05, 0) is 57.5 Å². The normalized spacial score (nSPS) is 15.7. The van der Waals surface area contributed by atoms with Crippen molar-refractivity contribution in [3.63, 3.8) is 0 Å². The van der Waals surface area contributed by atoms with Crippen LogP contribution in [-0.2, 0) is 0 Å². The van der Waals surface area contributed by atoms with E-state index in [2.05, 4.69) is 16.3 Å². The molecule has 1 unspecified atom stereocenters. The van der Waals surface area contributed by atoms with Gasteiger partial charge in [0.25, 0.3) is 0 Å². The summed E-state index contributed by atoms with van der Waals surface area (Å²) in [6.45, 7) is 8.12. The average molecular weight is 349 g/mol. The van der Waals surface area contributed by atoms with E-state index in [1.807, 2.05) is 26.0 Å². The van der Waals surface area contributed by atoms with Gasteiger partial charge >= 0.3 is 6.03 Å². The second-order valence-electron chi connectivity index (χ2n) is 6.23. The van der Waals surface area contributed by atoms with Gasteiger partial charge in [-0.3, -0.25) is 4.90 Å². The van der Waals surface area contributed by atoms with Gasteiger partial charge < -0.3 is 19.7 Å². The minimum atomic E-state index is -0.00493. The van der Waals surface area contributed by atoms with Gasteiger partial charge in [0.2, 0.25) is 0 Å². The maximum absolute atomic E-state index is 12.3. The van der Waals surface area contributed by atoms with E-state index in [-0.39, 0.29) is 12.1 Å². The fraction of sp³-hybridized carbons (Fsp3) is 0.632. The molecule has 1 N–H and O–H groups in total. The number of ether oxygens (including phenoxy) is 2. The van der Waals surface area contributed by atoms with E-state index in [1.165, 1.54) is 12.8 Å². The number of nitrogens with one attached hydrogen (secondary N) is 1. The highest BCUT2D eigenvalue weighted by molar-refractivity contribution is 5.74. The Morgan fingerprint density at radius 2 is 1.80 bits per heavy atom. The lowest BCUT2D eigenvalue weighted by molar-refractivity contribution is 0.192. The second-order valence-corrected chi connectivity index (χ2v) is 6.23. The van der Waals surface area contributed by atoms with Crippen LogP contribution in [0.2, 0.25) is 0 Å². The van der Waals surface area contributed by atoms with Gasteiger partial charge in [0.05, 0.1) is 20.3 Å². The molecule has 1 aliphatic rings. The van der Waals surface area contributed by atoms with Gasteiger partial charge in [0, 0.05) is 19.6 Å². The largest absolute Gasteiger partial charge is 0.493 e. The molecule has 1 heterocycles. The lowest BCUT2D eigenvalue weighted by atomic mass is 10.0. The zero-order valence-electron chi connectivity index (χ0n) is 15.9. The van der Waals surface area contributed by atoms with Gasteiger partial charge in [-0.25, -0.2) is 4.79 Å². The molecule has 0 aromatic heterocycles. The molecule has 1 aromatic carbocycles. The summed E-state index contributed by atoms with van der Waals surface area (Å²) in [5.74, 6) is 1.44. The first-order valence-corrected chi connectivity index (χ1v) is 9.13. The smallest absolute Gasteiger partial charge is 0.317 e. The molecule has 1 fully saturated rings. The van der Waals surface area contributed by atoms with E-state index in [1.54, 1.807) is 19.1 Å². The van der Waals surface area contributed by atoms with Crippen molar-refractivity contribution < 1.29 is 14.3 Å². The molecule has 25 heavy (non-hydrogen) atoms. The van der Waals surface area contributed by atoms with Crippen LogP contribution >= 0.6 is 0 Å². The van der Waals surface area contributed by atoms with Gasteiger partial charge in [0.1, 0.15) is 0 Å². The molecule has 2 amide bonds. The first-order valence-electron chi connectivity index (χ1n) is 9.13. The van der Waals surface area contributed by atoms with Crippen molar-refractivity contribution in [1.29, 1.82) is 0 Å². The van der Waals surface area contributed by atoms with Crippen molar-refractivity contribution in [2.45, 2.75) is 32.7 Å². The molecular weight excluding hydrogens is 318 g/mol. The minimum absolute atomic E-state index is 0.00493. The van der Waals surface area contributed by atoms with Crippen LogP contribution in [-0.4, -0.2) is 62.8 Å². The first kappa shape index (κ1) is 19.4. The number of carbonyl (C=O) groups excluding carboxylic acids is 1. The maximum Gasteiger partial charge on any atom is 0.317 e. The van der Waals surface area contributed by atoms with Crippen molar-refractivity contribution in [3.05, 3.63) is 23.8 Å². The molecular formula is C19H31N3O3. The number of nitrogens with zero attached hydrogens (tertiary/aromatic N) is 2. The van der Waals surface area contributed by atoms with Crippen LogP contribution in [0.15, 0.2) is 18.2 Å². The molecule has 0 spiro atoms. The zero-order chi connectivity index (χ0) is 18.2. The molecule has 0 saturated carbocycles. The van der Waals surface area contributed by atoms with E-state index in [0.29, 0.717) is 19.6 Å². The molecule has 2 rings (SSSR count). The summed E-state index contributed by atoms with van der Waals surface area (Å²) >= 11 is 0. The molecule has 1 atom stereocenters. The highest BCUT2D eigenvalue weighted by atomic mass is 16.5. The third-order valence-corrected chi connectivity index (χ3v) is 4.87. The fourth-order valence-electron chi connectivity index (χ4n) is 3.38. The van der Waals surface area contributed by atoms with Crippen molar-refractivity contribution >= 4 is 6.03 Å². The Bertz CT molecular complexity index is 555. The van der Waals surface area contributed by atoms with E-state index >= 15 is 0 Å². The summed E-state index contributed by atoms with van der Waals surface area (Å²) in [7, 11) is 3.29. The topological polar surface area (TPSA) is 54.0 Å². The van der Waals surface area contributed by atoms with Crippen LogP contribution in [0.5, 0.6) is 11.5 Å². The molecule has 0 radical (unpaired) electrons. The Hall–Kier alpha value is -1.95. The van der Waals surface area contributed by atoms with Crippen LogP contribution < -0.4 is 14.8 Å². The minimum Gasteiger partial charge on any atom is -0.493 e. The summed E-state index contributed by atoms with van der Waals surface area (Å²) < 4.78 is 10.8. The fourth-order valence-corrected chi connectivity index (χ4v) is 3.38. The quantitative estimate of drug-likeness (QED) is 0.784. The average Bonchev–Trinajstić information content (AvgIpc) is 3.17. The molecule has 6 nitrogen and oxygen atoms in total. The lowest BCUT2D eigenvalue weighted by Crippen LogP contribution is -2.43. The van der Waals surface area contributed by atoms with E-state index < -0.39 is 0 Å². The summed E-state index contributed by atoms with van der Waals surface area (Å²) in [4.78, 5) is 16.6. The zero-order valence-corrected chi connectivity index (χ0v) is 15.9. The number of hydrogen-bond donors (Lipinski definition) is 1. The summed E-state index contributed by atoms with van der Waals surface area (Å²) in [6, 6.07) is 6.15. The second kappa shape index (κ2) is 9.51. The molecule has 1 aliphatic heterocycles. The molecule has 140 valence electrons. The highest BCUT2D eigenvalue weighted by Crippen LogP contribution is 2.33. The standard InChI is InChI=1S/C19H31N3O3/c1-5-21(6-2)19(23)20-14-16(22-11-7-8-12-22)15-9-10-17(24-3)18(13-15)25-4/h9-10,13,16H,5-8,11-12,14H2,1-4H3,(H,20,23). The van der Waals surface area contributed by atoms with E-state index in [4.69, 9.17) is 9.47 Å². The van der Waals surface area contributed by atoms with Gasteiger partial charge in [-0.2, -0.15) is 0 Å². The van der Waals surface area contributed by atoms with Crippen LogP contribution in [0.4, 0.5) is 4.79 Å². The SMILES string of the molecule is CCN(CC)C(=O)NCC(c1ccc(OC)c(OC)c1)N1CCCC1. The van der Waals surface area contributed by atoms with Crippen molar-refractivity contribution in [2.75, 3.05) is 46.9 Å². The number of urea groups is 1. The van der Waals surface area contributed by atoms with Gasteiger partial charge in [-0.1, -0.05) is 6.07 Å². The molecule has 0 aliphatic carbocycles. The number of methoxy groups -OCH3 is 2.